The monoisotopic (exact) mass is 335 g/mol. The fourth-order valence-corrected chi connectivity index (χ4v) is 4.03. The summed E-state index contributed by atoms with van der Waals surface area (Å²) in [5.74, 6) is 0.347. The quantitative estimate of drug-likeness (QED) is 0.836. The number of fused-ring (bicyclic) bond motifs is 2. The molecule has 0 saturated heterocycles. The van der Waals surface area contributed by atoms with E-state index in [0.29, 0.717) is 18.8 Å². The molecule has 2 atom stereocenters. The summed E-state index contributed by atoms with van der Waals surface area (Å²) in [5, 5.41) is 2.92. The van der Waals surface area contributed by atoms with Crippen molar-refractivity contribution < 1.29 is 9.59 Å². The van der Waals surface area contributed by atoms with E-state index in [4.69, 9.17) is 0 Å². The lowest BCUT2D eigenvalue weighted by Gasteiger charge is -2.32. The molecule has 1 amide bonds. The van der Waals surface area contributed by atoms with Gasteiger partial charge in [0.05, 0.1) is 0 Å². The number of carbonyl (C=O) groups is 2. The van der Waals surface area contributed by atoms with E-state index in [1.54, 1.807) is 0 Å². The Balaban J connectivity index is 1.84. The van der Waals surface area contributed by atoms with Gasteiger partial charge >= 0.3 is 0 Å². The molecule has 1 aromatic carbocycles. The van der Waals surface area contributed by atoms with Gasteiger partial charge in [-0.2, -0.15) is 0 Å². The lowest BCUT2D eigenvalue weighted by atomic mass is 9.70. The van der Waals surface area contributed by atoms with Crippen LogP contribution in [0, 0.1) is 16.7 Å². The van der Waals surface area contributed by atoms with E-state index < -0.39 is 5.41 Å². The van der Waals surface area contributed by atoms with Crippen LogP contribution >= 0.6 is 15.9 Å². The first kappa shape index (κ1) is 13.8. The first-order valence-corrected chi connectivity index (χ1v) is 7.77. The first-order chi connectivity index (χ1) is 9.36. The van der Waals surface area contributed by atoms with Crippen LogP contribution in [0.3, 0.4) is 0 Å². The highest BCUT2D eigenvalue weighted by Crippen LogP contribution is 2.60. The molecule has 20 heavy (non-hydrogen) atoms. The van der Waals surface area contributed by atoms with Crippen LogP contribution < -0.4 is 5.32 Å². The first-order valence-electron chi connectivity index (χ1n) is 6.98. The van der Waals surface area contributed by atoms with Crippen molar-refractivity contribution in [2.75, 3.05) is 5.32 Å². The SMILES string of the molecule is CC1(C)C(=O)[C@]2(C(=O)Nc3ccc(Br)cc3)CC[C@H]1C2. The van der Waals surface area contributed by atoms with Crippen molar-refractivity contribution in [1.82, 2.24) is 0 Å². The highest BCUT2D eigenvalue weighted by atomic mass is 79.9. The van der Waals surface area contributed by atoms with Gasteiger partial charge in [-0.25, -0.2) is 0 Å². The maximum absolute atomic E-state index is 12.6. The van der Waals surface area contributed by atoms with Gasteiger partial charge in [-0.3, -0.25) is 9.59 Å². The van der Waals surface area contributed by atoms with E-state index in [2.05, 4.69) is 21.2 Å². The Kier molecular flexibility index (Phi) is 3.05. The minimum atomic E-state index is -0.790. The van der Waals surface area contributed by atoms with Crippen LogP contribution in [-0.2, 0) is 9.59 Å². The number of carbonyl (C=O) groups excluding carboxylic acids is 2. The van der Waals surface area contributed by atoms with Crippen LogP contribution in [0.1, 0.15) is 33.1 Å². The van der Waals surface area contributed by atoms with Gasteiger partial charge in [0.15, 0.2) is 5.78 Å². The Morgan fingerprint density at radius 3 is 2.50 bits per heavy atom. The van der Waals surface area contributed by atoms with Crippen molar-refractivity contribution in [1.29, 1.82) is 0 Å². The number of halogens is 1. The van der Waals surface area contributed by atoms with E-state index in [0.717, 1.165) is 16.6 Å². The lowest BCUT2D eigenvalue weighted by molar-refractivity contribution is -0.142. The van der Waals surface area contributed by atoms with Gasteiger partial charge in [-0.1, -0.05) is 29.8 Å². The number of hydrogen-bond donors (Lipinski definition) is 1. The summed E-state index contributed by atoms with van der Waals surface area (Å²) < 4.78 is 0.965. The summed E-state index contributed by atoms with van der Waals surface area (Å²) in [5.41, 5.74) is -0.398. The molecule has 0 spiro atoms. The molecule has 1 N–H and O–H groups in total. The number of rotatable bonds is 2. The lowest BCUT2D eigenvalue weighted by Crippen LogP contribution is -2.44. The molecule has 2 saturated carbocycles. The van der Waals surface area contributed by atoms with Crippen molar-refractivity contribution in [3.63, 3.8) is 0 Å². The molecule has 3 nitrogen and oxygen atoms in total. The molecule has 0 aromatic heterocycles. The molecule has 1 aromatic rings. The normalized spacial score (nSPS) is 30.6. The number of ketones is 1. The Morgan fingerprint density at radius 1 is 1.30 bits per heavy atom. The van der Waals surface area contributed by atoms with Gasteiger partial charge in [0.25, 0.3) is 0 Å². The average molecular weight is 336 g/mol. The fourth-order valence-electron chi connectivity index (χ4n) is 3.76. The zero-order chi connectivity index (χ0) is 14.5. The molecule has 2 aliphatic carbocycles. The number of amides is 1. The predicted octanol–water partition coefficient (Wildman–Crippen LogP) is 3.78. The second kappa shape index (κ2) is 4.42. The zero-order valence-electron chi connectivity index (χ0n) is 11.7. The van der Waals surface area contributed by atoms with E-state index in [-0.39, 0.29) is 17.1 Å². The third-order valence-electron chi connectivity index (χ3n) is 5.09. The van der Waals surface area contributed by atoms with E-state index >= 15 is 0 Å². The van der Waals surface area contributed by atoms with Crippen LogP contribution in [-0.4, -0.2) is 11.7 Å². The van der Waals surface area contributed by atoms with Crippen molar-refractivity contribution in [2.24, 2.45) is 16.7 Å². The number of nitrogens with one attached hydrogen (secondary N) is 1. The second-order valence-corrected chi connectivity index (χ2v) is 7.45. The molecule has 2 bridgehead atoms. The molecule has 0 heterocycles. The minimum absolute atomic E-state index is 0.121. The van der Waals surface area contributed by atoms with Gasteiger partial charge in [0.2, 0.25) is 5.91 Å². The van der Waals surface area contributed by atoms with E-state index in [9.17, 15) is 9.59 Å². The highest BCUT2D eigenvalue weighted by molar-refractivity contribution is 9.10. The van der Waals surface area contributed by atoms with Crippen molar-refractivity contribution in [3.8, 4) is 0 Å². The van der Waals surface area contributed by atoms with Gasteiger partial charge in [0, 0.05) is 15.6 Å². The molecule has 0 unspecified atom stereocenters. The smallest absolute Gasteiger partial charge is 0.238 e. The summed E-state index contributed by atoms with van der Waals surface area (Å²) in [7, 11) is 0. The van der Waals surface area contributed by atoms with Crippen molar-refractivity contribution in [3.05, 3.63) is 28.7 Å². The molecule has 4 heteroatoms. The predicted molar refractivity (Wildman–Crippen MR) is 81.3 cm³/mol. The Hall–Kier alpha value is -1.16. The zero-order valence-corrected chi connectivity index (χ0v) is 13.3. The van der Waals surface area contributed by atoms with Crippen molar-refractivity contribution in [2.45, 2.75) is 33.1 Å². The Bertz CT molecular complexity index is 579. The summed E-state index contributed by atoms with van der Waals surface area (Å²) >= 11 is 3.37. The average Bonchev–Trinajstić information content (AvgIpc) is 2.93. The van der Waals surface area contributed by atoms with Crippen molar-refractivity contribution >= 4 is 33.3 Å². The summed E-state index contributed by atoms with van der Waals surface area (Å²) in [6.07, 6.45) is 2.38. The van der Waals surface area contributed by atoms with Gasteiger partial charge in [0.1, 0.15) is 5.41 Å². The molecule has 2 aliphatic rings. The van der Waals surface area contributed by atoms with Gasteiger partial charge in [-0.05, 0) is 49.4 Å². The van der Waals surface area contributed by atoms with Crippen LogP contribution in [0.5, 0.6) is 0 Å². The van der Waals surface area contributed by atoms with E-state index in [1.807, 2.05) is 38.1 Å². The number of Topliss-reactive ketones (excluding diaryl/α,β-unsaturated/α-hetero) is 1. The maximum atomic E-state index is 12.6. The largest absolute Gasteiger partial charge is 0.325 e. The molecular weight excluding hydrogens is 318 g/mol. The summed E-state index contributed by atoms with van der Waals surface area (Å²) in [6.45, 7) is 3.96. The third kappa shape index (κ3) is 1.85. The third-order valence-corrected chi connectivity index (χ3v) is 5.62. The summed E-state index contributed by atoms with van der Waals surface area (Å²) in [4.78, 5) is 25.3. The van der Waals surface area contributed by atoms with Crippen LogP contribution in [0.2, 0.25) is 0 Å². The van der Waals surface area contributed by atoms with Crippen LogP contribution in [0.15, 0.2) is 28.7 Å². The number of benzene rings is 1. The van der Waals surface area contributed by atoms with E-state index in [1.165, 1.54) is 0 Å². The van der Waals surface area contributed by atoms with Gasteiger partial charge in [-0.15, -0.1) is 0 Å². The molecular formula is C16H18BrNO2. The molecule has 3 rings (SSSR count). The van der Waals surface area contributed by atoms with Crippen LogP contribution in [0.4, 0.5) is 5.69 Å². The Morgan fingerprint density at radius 2 is 1.95 bits per heavy atom. The second-order valence-electron chi connectivity index (χ2n) is 6.53. The Labute approximate surface area is 127 Å². The fraction of sp³-hybridized carbons (Fsp3) is 0.500. The van der Waals surface area contributed by atoms with Gasteiger partial charge < -0.3 is 5.32 Å². The highest BCUT2D eigenvalue weighted by Gasteiger charge is 2.64. The standard InChI is InChI=1S/C16H18BrNO2/c1-15(2)10-7-8-16(9-10,13(15)19)14(20)18-12-5-3-11(17)4-6-12/h3-6,10H,7-9H2,1-2H3,(H,18,20)/t10-,16-/m0/s1. The molecule has 0 aliphatic heterocycles. The molecule has 0 radical (unpaired) electrons. The maximum Gasteiger partial charge on any atom is 0.238 e. The summed E-state index contributed by atoms with van der Waals surface area (Å²) in [6, 6.07) is 7.45. The number of hydrogen-bond acceptors (Lipinski definition) is 2. The number of anilines is 1. The topological polar surface area (TPSA) is 46.2 Å². The minimum Gasteiger partial charge on any atom is -0.325 e. The van der Waals surface area contributed by atoms with Crippen LogP contribution in [0.25, 0.3) is 0 Å². The molecule has 106 valence electrons. The molecule has 2 fully saturated rings.